The van der Waals surface area contributed by atoms with Crippen LogP contribution in [0.2, 0.25) is 0 Å². The normalized spacial score (nSPS) is 10.7. The van der Waals surface area contributed by atoms with Gasteiger partial charge in [0.25, 0.3) is 0 Å². The maximum atomic E-state index is 11.9. The molecule has 0 spiro atoms. The van der Waals surface area contributed by atoms with E-state index in [9.17, 15) is 4.79 Å². The summed E-state index contributed by atoms with van der Waals surface area (Å²) in [6.07, 6.45) is 1.82. The van der Waals surface area contributed by atoms with Gasteiger partial charge in [0.1, 0.15) is 0 Å². The highest BCUT2D eigenvalue weighted by Gasteiger charge is 2.14. The highest BCUT2D eigenvalue weighted by atomic mass is 16.5. The first-order valence-electron chi connectivity index (χ1n) is 6.50. The Morgan fingerprint density at radius 1 is 1.20 bits per heavy atom. The van der Waals surface area contributed by atoms with Gasteiger partial charge in [0, 0.05) is 11.8 Å². The summed E-state index contributed by atoms with van der Waals surface area (Å²) >= 11 is 0. The maximum Gasteiger partial charge on any atom is 0.358 e. The highest BCUT2D eigenvalue weighted by Crippen LogP contribution is 2.25. The average Bonchev–Trinajstić information content (AvgIpc) is 2.95. The van der Waals surface area contributed by atoms with Crippen LogP contribution in [-0.4, -0.2) is 22.2 Å². The monoisotopic (exact) mass is 266 g/mol. The lowest BCUT2D eigenvalue weighted by atomic mass is 10.1. The minimum atomic E-state index is -0.403. The predicted molar refractivity (Wildman–Crippen MR) is 76.6 cm³/mol. The van der Waals surface area contributed by atoms with Crippen LogP contribution in [0.15, 0.2) is 54.7 Å². The first-order valence-corrected chi connectivity index (χ1v) is 6.50. The third kappa shape index (κ3) is 2.16. The summed E-state index contributed by atoms with van der Waals surface area (Å²) in [5, 5.41) is 4.28. The second-order valence-corrected chi connectivity index (χ2v) is 4.37. The van der Waals surface area contributed by atoms with Crippen LogP contribution in [0.1, 0.15) is 17.4 Å². The van der Waals surface area contributed by atoms with Gasteiger partial charge in [-0.15, -0.1) is 0 Å². The quantitative estimate of drug-likeness (QED) is 0.684. The van der Waals surface area contributed by atoms with E-state index in [2.05, 4.69) is 5.10 Å². The van der Waals surface area contributed by atoms with E-state index in [4.69, 9.17) is 4.74 Å². The van der Waals surface area contributed by atoms with E-state index in [0.29, 0.717) is 12.3 Å². The standard InChI is InChI=1S/C16H14N2O2/c1-2-20-16(19)14-11-13(12-7-4-3-5-8-12)15-9-6-10-18(15)17-14/h3-11H,2H2,1H3. The minimum Gasteiger partial charge on any atom is -0.461 e. The highest BCUT2D eigenvalue weighted by molar-refractivity contribution is 5.91. The fourth-order valence-electron chi connectivity index (χ4n) is 2.18. The Morgan fingerprint density at radius 2 is 2.00 bits per heavy atom. The molecule has 0 bridgehead atoms. The molecule has 3 aromatic rings. The Morgan fingerprint density at radius 3 is 2.75 bits per heavy atom. The molecule has 2 aromatic heterocycles. The van der Waals surface area contributed by atoms with Crippen LogP contribution in [-0.2, 0) is 4.74 Å². The van der Waals surface area contributed by atoms with E-state index in [1.54, 1.807) is 17.5 Å². The lowest BCUT2D eigenvalue weighted by molar-refractivity contribution is 0.0518. The molecule has 0 saturated carbocycles. The van der Waals surface area contributed by atoms with Crippen molar-refractivity contribution in [1.82, 2.24) is 9.61 Å². The fourth-order valence-corrected chi connectivity index (χ4v) is 2.18. The number of rotatable bonds is 3. The molecule has 0 amide bonds. The van der Waals surface area contributed by atoms with Crippen LogP contribution in [0.3, 0.4) is 0 Å². The second kappa shape index (κ2) is 5.17. The molecule has 20 heavy (non-hydrogen) atoms. The van der Waals surface area contributed by atoms with Gasteiger partial charge in [-0.2, -0.15) is 5.10 Å². The SMILES string of the molecule is CCOC(=O)c1cc(-c2ccccc2)c2cccn2n1. The molecule has 4 heteroatoms. The third-order valence-corrected chi connectivity index (χ3v) is 3.07. The molecule has 0 fully saturated rings. The summed E-state index contributed by atoms with van der Waals surface area (Å²) < 4.78 is 6.73. The minimum absolute atomic E-state index is 0.314. The summed E-state index contributed by atoms with van der Waals surface area (Å²) in [5.74, 6) is -0.403. The van der Waals surface area contributed by atoms with Crippen LogP contribution in [0.5, 0.6) is 0 Å². The second-order valence-electron chi connectivity index (χ2n) is 4.37. The Bertz CT molecular complexity index is 748. The number of benzene rings is 1. The summed E-state index contributed by atoms with van der Waals surface area (Å²) in [6.45, 7) is 2.12. The fraction of sp³-hybridized carbons (Fsp3) is 0.125. The van der Waals surface area contributed by atoms with Crippen molar-refractivity contribution in [1.29, 1.82) is 0 Å². The van der Waals surface area contributed by atoms with Crippen molar-refractivity contribution in [3.8, 4) is 11.1 Å². The van der Waals surface area contributed by atoms with Crippen LogP contribution in [0.4, 0.5) is 0 Å². The lowest BCUT2D eigenvalue weighted by Crippen LogP contribution is -2.10. The van der Waals surface area contributed by atoms with Crippen molar-refractivity contribution in [2.45, 2.75) is 6.92 Å². The van der Waals surface area contributed by atoms with Crippen LogP contribution in [0, 0.1) is 0 Å². The molecule has 0 aliphatic rings. The zero-order valence-corrected chi connectivity index (χ0v) is 11.1. The smallest absolute Gasteiger partial charge is 0.358 e. The number of nitrogens with zero attached hydrogens (tertiary/aromatic N) is 2. The van der Waals surface area contributed by atoms with Gasteiger partial charge in [-0.1, -0.05) is 30.3 Å². The van der Waals surface area contributed by atoms with E-state index < -0.39 is 5.97 Å². The van der Waals surface area contributed by atoms with Gasteiger partial charge in [-0.3, -0.25) is 0 Å². The molecule has 2 heterocycles. The first-order chi connectivity index (χ1) is 9.79. The molecular weight excluding hydrogens is 252 g/mol. The van der Waals surface area contributed by atoms with Crippen molar-refractivity contribution in [2.75, 3.05) is 6.61 Å². The van der Waals surface area contributed by atoms with Gasteiger partial charge in [-0.05, 0) is 30.7 Å². The van der Waals surface area contributed by atoms with Crippen LogP contribution < -0.4 is 0 Å². The van der Waals surface area contributed by atoms with Gasteiger partial charge in [-0.25, -0.2) is 9.31 Å². The van der Waals surface area contributed by atoms with Gasteiger partial charge in [0.15, 0.2) is 5.69 Å². The van der Waals surface area contributed by atoms with E-state index >= 15 is 0 Å². The largest absolute Gasteiger partial charge is 0.461 e. The van der Waals surface area contributed by atoms with Gasteiger partial charge in [0.2, 0.25) is 0 Å². The van der Waals surface area contributed by atoms with Crippen LogP contribution in [0.25, 0.3) is 16.6 Å². The number of fused-ring (bicyclic) bond motifs is 1. The van der Waals surface area contributed by atoms with Gasteiger partial charge < -0.3 is 4.74 Å². The Hall–Kier alpha value is -2.62. The topological polar surface area (TPSA) is 43.6 Å². The molecule has 0 radical (unpaired) electrons. The van der Waals surface area contributed by atoms with Crippen molar-refractivity contribution in [2.24, 2.45) is 0 Å². The summed E-state index contributed by atoms with van der Waals surface area (Å²) in [4.78, 5) is 11.9. The number of aromatic nitrogens is 2. The van der Waals surface area contributed by atoms with Gasteiger partial charge in [0.05, 0.1) is 12.1 Å². The molecule has 0 unspecified atom stereocenters. The number of ether oxygens (including phenoxy) is 1. The third-order valence-electron chi connectivity index (χ3n) is 3.07. The van der Waals surface area contributed by atoms with Crippen LogP contribution >= 0.6 is 0 Å². The Labute approximate surface area is 116 Å². The molecule has 0 N–H and O–H groups in total. The summed E-state index contributed by atoms with van der Waals surface area (Å²) in [7, 11) is 0. The first kappa shape index (κ1) is 12.4. The number of hydrogen-bond acceptors (Lipinski definition) is 3. The molecule has 3 rings (SSSR count). The summed E-state index contributed by atoms with van der Waals surface area (Å²) in [6, 6.07) is 15.6. The molecule has 0 atom stereocenters. The molecule has 0 saturated heterocycles. The zero-order valence-electron chi connectivity index (χ0n) is 11.1. The maximum absolute atomic E-state index is 11.9. The molecule has 100 valence electrons. The molecule has 0 aliphatic carbocycles. The number of esters is 1. The van der Waals surface area contributed by atoms with E-state index in [-0.39, 0.29) is 0 Å². The Balaban J connectivity index is 2.19. The molecular formula is C16H14N2O2. The number of hydrogen-bond donors (Lipinski definition) is 0. The van der Waals surface area contributed by atoms with Gasteiger partial charge >= 0.3 is 5.97 Å². The average molecular weight is 266 g/mol. The number of carbonyl (C=O) groups is 1. The van der Waals surface area contributed by atoms with Crippen molar-refractivity contribution in [3.05, 3.63) is 60.4 Å². The van der Waals surface area contributed by atoms with E-state index in [1.165, 1.54) is 0 Å². The van der Waals surface area contributed by atoms with Crippen molar-refractivity contribution >= 4 is 11.5 Å². The van der Waals surface area contributed by atoms with E-state index in [1.807, 2.05) is 48.7 Å². The zero-order chi connectivity index (χ0) is 13.9. The predicted octanol–water partition coefficient (Wildman–Crippen LogP) is 3.18. The lowest BCUT2D eigenvalue weighted by Gasteiger charge is -2.08. The van der Waals surface area contributed by atoms with Crippen molar-refractivity contribution < 1.29 is 9.53 Å². The molecule has 4 nitrogen and oxygen atoms in total. The van der Waals surface area contributed by atoms with Crippen molar-refractivity contribution in [3.63, 3.8) is 0 Å². The molecule has 1 aromatic carbocycles. The number of carbonyl (C=O) groups excluding carboxylic acids is 1. The molecule has 0 aliphatic heterocycles. The Kier molecular flexibility index (Phi) is 3.21. The summed E-state index contributed by atoms with van der Waals surface area (Å²) in [5.41, 5.74) is 3.29. The van der Waals surface area contributed by atoms with E-state index in [0.717, 1.165) is 16.6 Å².